The van der Waals surface area contributed by atoms with Crippen LogP contribution in [0.2, 0.25) is 0 Å². The molecule has 2 heteroatoms. The highest BCUT2D eigenvalue weighted by Crippen LogP contribution is 2.27. The lowest BCUT2D eigenvalue weighted by molar-refractivity contribution is -0.116. The fourth-order valence-corrected chi connectivity index (χ4v) is 2.64. The number of carbonyl (C=O) groups excluding carboxylic acids is 1. The van der Waals surface area contributed by atoms with E-state index in [4.69, 9.17) is 0 Å². The zero-order valence-corrected chi connectivity index (χ0v) is 11.3. The Morgan fingerprint density at radius 2 is 1.88 bits per heavy atom. The molecule has 0 amide bonds. The molecule has 0 N–H and O–H groups in total. The maximum atomic E-state index is 11.0. The van der Waals surface area contributed by atoms with Crippen molar-refractivity contribution in [3.63, 3.8) is 0 Å². The molecular formula is C14H27NO. The third kappa shape index (κ3) is 4.25. The number of hydrogen-bond acceptors (Lipinski definition) is 2. The molecule has 1 saturated carbocycles. The lowest BCUT2D eigenvalue weighted by Crippen LogP contribution is -2.43. The van der Waals surface area contributed by atoms with Crippen LogP contribution in [0.5, 0.6) is 0 Å². The highest BCUT2D eigenvalue weighted by molar-refractivity contribution is 5.58. The average Bonchev–Trinajstić information content (AvgIpc) is 2.68. The first-order valence-corrected chi connectivity index (χ1v) is 6.65. The van der Waals surface area contributed by atoms with E-state index in [1.807, 2.05) is 13.8 Å². The van der Waals surface area contributed by atoms with Gasteiger partial charge in [0.15, 0.2) is 0 Å². The lowest BCUT2D eigenvalue weighted by Gasteiger charge is -2.35. The summed E-state index contributed by atoms with van der Waals surface area (Å²) >= 11 is 0. The molecule has 0 aromatic carbocycles. The van der Waals surface area contributed by atoms with Crippen molar-refractivity contribution < 1.29 is 4.79 Å². The zero-order valence-electron chi connectivity index (χ0n) is 11.3. The van der Waals surface area contributed by atoms with Gasteiger partial charge in [0.2, 0.25) is 0 Å². The predicted octanol–water partition coefficient (Wildman–Crippen LogP) is 3.11. The summed E-state index contributed by atoms with van der Waals surface area (Å²) in [6, 6.07) is 0.724. The molecule has 0 bridgehead atoms. The van der Waals surface area contributed by atoms with E-state index >= 15 is 0 Å². The van der Waals surface area contributed by atoms with E-state index in [-0.39, 0.29) is 5.41 Å². The van der Waals surface area contributed by atoms with Gasteiger partial charge in [0.05, 0.1) is 0 Å². The Morgan fingerprint density at radius 3 is 2.31 bits per heavy atom. The summed E-state index contributed by atoms with van der Waals surface area (Å²) in [5.74, 6) is 0.683. The van der Waals surface area contributed by atoms with Crippen molar-refractivity contribution in [3.8, 4) is 0 Å². The third-order valence-corrected chi connectivity index (χ3v) is 3.37. The maximum absolute atomic E-state index is 11.0. The van der Waals surface area contributed by atoms with Crippen molar-refractivity contribution >= 4 is 6.29 Å². The second kappa shape index (κ2) is 5.81. The molecule has 0 heterocycles. The molecule has 2 nitrogen and oxygen atoms in total. The molecule has 0 radical (unpaired) electrons. The summed E-state index contributed by atoms with van der Waals surface area (Å²) in [6.45, 7) is 10.7. The van der Waals surface area contributed by atoms with Crippen LogP contribution in [0.1, 0.15) is 53.4 Å². The van der Waals surface area contributed by atoms with Crippen molar-refractivity contribution in [2.75, 3.05) is 13.1 Å². The van der Waals surface area contributed by atoms with Crippen LogP contribution in [0.15, 0.2) is 0 Å². The van der Waals surface area contributed by atoms with Gasteiger partial charge < -0.3 is 4.79 Å². The second-order valence-corrected chi connectivity index (χ2v) is 6.37. The summed E-state index contributed by atoms with van der Waals surface area (Å²) in [4.78, 5) is 13.6. The summed E-state index contributed by atoms with van der Waals surface area (Å²) in [6.07, 6.45) is 6.47. The summed E-state index contributed by atoms with van der Waals surface area (Å²) in [5.41, 5.74) is -0.197. The molecule has 1 fully saturated rings. The van der Waals surface area contributed by atoms with Gasteiger partial charge in [-0.3, -0.25) is 4.90 Å². The van der Waals surface area contributed by atoms with Crippen LogP contribution < -0.4 is 0 Å². The maximum Gasteiger partial charge on any atom is 0.126 e. The fraction of sp³-hybridized carbons (Fsp3) is 0.929. The Labute approximate surface area is 100 Å². The molecule has 94 valence electrons. The van der Waals surface area contributed by atoms with Gasteiger partial charge in [-0.15, -0.1) is 0 Å². The van der Waals surface area contributed by atoms with E-state index in [1.165, 1.54) is 25.7 Å². The minimum atomic E-state index is -0.197. The number of aldehydes is 1. The zero-order chi connectivity index (χ0) is 12.2. The average molecular weight is 225 g/mol. The van der Waals surface area contributed by atoms with Crippen LogP contribution in [0.25, 0.3) is 0 Å². The van der Waals surface area contributed by atoms with Gasteiger partial charge in [-0.1, -0.05) is 40.5 Å². The van der Waals surface area contributed by atoms with Crippen LogP contribution in [-0.4, -0.2) is 30.3 Å². The molecule has 0 aromatic heterocycles. The Hall–Kier alpha value is -0.370. The van der Waals surface area contributed by atoms with Crippen molar-refractivity contribution in [2.45, 2.75) is 59.4 Å². The van der Waals surface area contributed by atoms with Crippen molar-refractivity contribution in [3.05, 3.63) is 0 Å². The first-order chi connectivity index (χ1) is 7.44. The quantitative estimate of drug-likeness (QED) is 0.647. The van der Waals surface area contributed by atoms with Crippen LogP contribution >= 0.6 is 0 Å². The van der Waals surface area contributed by atoms with E-state index in [9.17, 15) is 4.79 Å². The topological polar surface area (TPSA) is 20.3 Å². The first kappa shape index (κ1) is 13.7. The Kier molecular flexibility index (Phi) is 4.97. The molecule has 0 spiro atoms. The first-order valence-electron chi connectivity index (χ1n) is 6.65. The molecule has 0 aromatic rings. The largest absolute Gasteiger partial charge is 0.303 e. The SMILES string of the molecule is CC(C)CN(CC(C)(C)C=O)C1CCCC1. The van der Waals surface area contributed by atoms with E-state index in [1.54, 1.807) is 0 Å². The van der Waals surface area contributed by atoms with Crippen LogP contribution in [0.3, 0.4) is 0 Å². The molecule has 0 unspecified atom stereocenters. The molecule has 1 aliphatic rings. The normalized spacial score (nSPS) is 18.6. The van der Waals surface area contributed by atoms with Crippen molar-refractivity contribution in [1.82, 2.24) is 4.90 Å². The Morgan fingerprint density at radius 1 is 1.31 bits per heavy atom. The number of carbonyl (C=O) groups is 1. The molecule has 0 atom stereocenters. The lowest BCUT2D eigenvalue weighted by atomic mass is 9.93. The van der Waals surface area contributed by atoms with Crippen LogP contribution in [0.4, 0.5) is 0 Å². The molecule has 1 aliphatic carbocycles. The smallest absolute Gasteiger partial charge is 0.126 e. The third-order valence-electron chi connectivity index (χ3n) is 3.37. The van der Waals surface area contributed by atoms with Crippen molar-refractivity contribution in [2.24, 2.45) is 11.3 Å². The van der Waals surface area contributed by atoms with Gasteiger partial charge in [0, 0.05) is 24.5 Å². The van der Waals surface area contributed by atoms with Gasteiger partial charge >= 0.3 is 0 Å². The van der Waals surface area contributed by atoms with E-state index < -0.39 is 0 Å². The summed E-state index contributed by atoms with van der Waals surface area (Å²) in [5, 5.41) is 0. The second-order valence-electron chi connectivity index (χ2n) is 6.37. The predicted molar refractivity (Wildman–Crippen MR) is 68.5 cm³/mol. The number of nitrogens with zero attached hydrogens (tertiary/aromatic N) is 1. The monoisotopic (exact) mass is 225 g/mol. The summed E-state index contributed by atoms with van der Waals surface area (Å²) < 4.78 is 0. The van der Waals surface area contributed by atoms with Gasteiger partial charge in [-0.25, -0.2) is 0 Å². The molecule has 0 saturated heterocycles. The van der Waals surface area contributed by atoms with Crippen molar-refractivity contribution in [1.29, 1.82) is 0 Å². The fourth-order valence-electron chi connectivity index (χ4n) is 2.64. The van der Waals surface area contributed by atoms with Crippen LogP contribution in [-0.2, 0) is 4.79 Å². The minimum absolute atomic E-state index is 0.197. The number of rotatable bonds is 6. The van der Waals surface area contributed by atoms with E-state index in [0.717, 1.165) is 25.4 Å². The van der Waals surface area contributed by atoms with Gasteiger partial charge in [-0.2, -0.15) is 0 Å². The Balaban J connectivity index is 2.59. The Bertz CT molecular complexity index is 217. The highest BCUT2D eigenvalue weighted by atomic mass is 16.1. The molecule has 16 heavy (non-hydrogen) atoms. The summed E-state index contributed by atoms with van der Waals surface area (Å²) in [7, 11) is 0. The molecule has 0 aliphatic heterocycles. The standard InChI is InChI=1S/C14H27NO/c1-12(2)9-15(10-14(3,4)11-16)13-7-5-6-8-13/h11-13H,5-10H2,1-4H3. The van der Waals surface area contributed by atoms with E-state index in [2.05, 4.69) is 18.7 Å². The van der Waals surface area contributed by atoms with Crippen LogP contribution in [0, 0.1) is 11.3 Å². The van der Waals surface area contributed by atoms with E-state index in [0.29, 0.717) is 5.92 Å². The highest BCUT2D eigenvalue weighted by Gasteiger charge is 2.28. The number of hydrogen-bond donors (Lipinski definition) is 0. The van der Waals surface area contributed by atoms with Gasteiger partial charge in [0.25, 0.3) is 0 Å². The minimum Gasteiger partial charge on any atom is -0.303 e. The van der Waals surface area contributed by atoms with Gasteiger partial charge in [-0.05, 0) is 18.8 Å². The molecular weight excluding hydrogens is 198 g/mol. The van der Waals surface area contributed by atoms with Gasteiger partial charge in [0.1, 0.15) is 6.29 Å². The molecule has 1 rings (SSSR count).